The van der Waals surface area contributed by atoms with Crippen molar-refractivity contribution in [2.24, 2.45) is 0 Å². The Morgan fingerprint density at radius 3 is 1.74 bits per heavy atom. The zero-order valence-electron chi connectivity index (χ0n) is 23.6. The number of halogens is 1. The minimum Gasteiger partial charge on any atom is -0.424 e. The molecule has 0 aromatic heterocycles. The zero-order chi connectivity index (χ0) is 27.2. The van der Waals surface area contributed by atoms with Crippen LogP contribution in [0, 0.1) is 0 Å². The third kappa shape index (κ3) is 9.11. The molecule has 0 aliphatic carbocycles. The van der Waals surface area contributed by atoms with Crippen molar-refractivity contribution in [1.82, 2.24) is 0 Å². The number of alkyl halides is 1. The van der Waals surface area contributed by atoms with Gasteiger partial charge in [0.05, 0.1) is 0 Å². The van der Waals surface area contributed by atoms with E-state index < -0.39 is 11.6 Å². The van der Waals surface area contributed by atoms with E-state index in [9.17, 15) is 9.18 Å². The summed E-state index contributed by atoms with van der Waals surface area (Å²) in [6.45, 7) is 5.54. The maximum absolute atomic E-state index is 14.7. The van der Waals surface area contributed by atoms with E-state index in [4.69, 9.17) is 4.74 Å². The van der Waals surface area contributed by atoms with Crippen LogP contribution in [0.15, 0.2) is 72.8 Å². The molecular weight excluding hydrogens is 471 g/mol. The molecule has 2 nitrogen and oxygen atoms in total. The normalized spacial score (nSPS) is 12.7. The van der Waals surface area contributed by atoms with Crippen molar-refractivity contribution in [3.05, 3.63) is 78.4 Å². The Kier molecular flexibility index (Phi) is 12.1. The monoisotopic (exact) mass is 516 g/mol. The summed E-state index contributed by atoms with van der Waals surface area (Å²) >= 11 is 0. The molecule has 0 N–H and O–H groups in total. The van der Waals surface area contributed by atoms with Gasteiger partial charge in [0.2, 0.25) is 5.67 Å². The highest BCUT2D eigenvalue weighted by molar-refractivity contribution is 5.84. The average molecular weight is 517 g/mol. The summed E-state index contributed by atoms with van der Waals surface area (Å²) in [6, 6.07) is 24.6. The third-order valence-corrected chi connectivity index (χ3v) is 7.31. The van der Waals surface area contributed by atoms with E-state index in [2.05, 4.69) is 49.4 Å². The van der Waals surface area contributed by atoms with Crippen molar-refractivity contribution in [2.75, 3.05) is 0 Å². The van der Waals surface area contributed by atoms with E-state index in [1.165, 1.54) is 69.4 Å². The van der Waals surface area contributed by atoms with E-state index in [-0.39, 0.29) is 6.42 Å². The quantitative estimate of drug-likeness (QED) is 0.107. The number of rotatable bonds is 16. The van der Waals surface area contributed by atoms with Crippen LogP contribution >= 0.6 is 0 Å². The maximum Gasteiger partial charge on any atom is 0.348 e. The highest BCUT2D eigenvalue weighted by Gasteiger charge is 2.34. The van der Waals surface area contributed by atoms with E-state index >= 15 is 0 Å². The van der Waals surface area contributed by atoms with Gasteiger partial charge in [-0.15, -0.1) is 0 Å². The predicted octanol–water partition coefficient (Wildman–Crippen LogP) is 10.5. The Bertz CT molecular complexity index is 1100. The molecule has 3 heteroatoms. The number of ether oxygens (including phenoxy) is 1. The molecule has 3 rings (SSSR count). The molecule has 0 bridgehead atoms. The number of aryl methyl sites for hydroxylation is 1. The van der Waals surface area contributed by atoms with Crippen LogP contribution < -0.4 is 4.74 Å². The minimum atomic E-state index is -1.97. The molecule has 0 heterocycles. The van der Waals surface area contributed by atoms with Gasteiger partial charge in [-0.05, 0) is 72.6 Å². The molecule has 0 amide bonds. The Morgan fingerprint density at radius 2 is 1.18 bits per heavy atom. The first-order chi connectivity index (χ1) is 18.4. The van der Waals surface area contributed by atoms with Gasteiger partial charge in [-0.2, -0.15) is 0 Å². The summed E-state index contributed by atoms with van der Waals surface area (Å²) in [5.41, 5.74) is 3.90. The fourth-order valence-electron chi connectivity index (χ4n) is 4.83. The van der Waals surface area contributed by atoms with Crippen LogP contribution in [-0.2, 0) is 11.2 Å². The van der Waals surface area contributed by atoms with Crippen LogP contribution in [0.4, 0.5) is 4.39 Å². The second kappa shape index (κ2) is 15.5. The van der Waals surface area contributed by atoms with E-state index in [1.54, 1.807) is 12.1 Å². The SMILES string of the molecule is CCCCCCCCCCc1ccc(-c2ccccc2-c2ccc(OC(=O)C(C)(F)CCCC)cc2)cc1. The lowest BCUT2D eigenvalue weighted by atomic mass is 9.93. The van der Waals surface area contributed by atoms with Crippen LogP contribution in [0.1, 0.15) is 97.0 Å². The molecule has 3 aromatic rings. The second-order valence-electron chi connectivity index (χ2n) is 10.7. The molecule has 0 radical (unpaired) electrons. The van der Waals surface area contributed by atoms with Gasteiger partial charge in [-0.25, -0.2) is 9.18 Å². The fourth-order valence-corrected chi connectivity index (χ4v) is 4.83. The first-order valence-electron chi connectivity index (χ1n) is 14.6. The maximum atomic E-state index is 14.7. The lowest BCUT2D eigenvalue weighted by Gasteiger charge is -2.18. The molecule has 0 saturated carbocycles. The zero-order valence-corrected chi connectivity index (χ0v) is 23.6. The fraction of sp³-hybridized carbons (Fsp3) is 0.457. The third-order valence-electron chi connectivity index (χ3n) is 7.31. The molecule has 0 aliphatic heterocycles. The van der Waals surface area contributed by atoms with Crippen molar-refractivity contribution in [3.63, 3.8) is 0 Å². The van der Waals surface area contributed by atoms with Gasteiger partial charge >= 0.3 is 5.97 Å². The van der Waals surface area contributed by atoms with Gasteiger partial charge in [-0.3, -0.25) is 0 Å². The molecular formula is C35H45FO2. The molecule has 1 unspecified atom stereocenters. The molecule has 204 valence electrons. The highest BCUT2D eigenvalue weighted by atomic mass is 19.1. The molecule has 0 spiro atoms. The van der Waals surface area contributed by atoms with Gasteiger partial charge in [0.15, 0.2) is 0 Å². The number of carbonyl (C=O) groups excluding carboxylic acids is 1. The second-order valence-corrected chi connectivity index (χ2v) is 10.7. The molecule has 1 atom stereocenters. The van der Waals surface area contributed by atoms with Crippen LogP contribution in [0.2, 0.25) is 0 Å². The minimum absolute atomic E-state index is 0.172. The molecule has 0 fully saturated rings. The van der Waals surface area contributed by atoms with Gasteiger partial charge in [-0.1, -0.05) is 126 Å². The molecule has 38 heavy (non-hydrogen) atoms. The van der Waals surface area contributed by atoms with Gasteiger partial charge in [0, 0.05) is 0 Å². The molecule has 0 aliphatic rings. The number of carbonyl (C=O) groups is 1. The van der Waals surface area contributed by atoms with Crippen LogP contribution in [0.5, 0.6) is 5.75 Å². The standard InChI is InChI=1S/C35H45FO2/c1-4-6-8-9-10-11-12-13-16-28-19-21-29(22-20-28)32-17-14-15-18-33(32)30-23-25-31(26-24-30)38-34(37)35(3,36)27-7-5-2/h14-15,17-26H,4-13,16,27H2,1-3H3. The van der Waals surface area contributed by atoms with E-state index in [0.717, 1.165) is 29.5 Å². The molecule has 3 aromatic carbocycles. The van der Waals surface area contributed by atoms with Crippen molar-refractivity contribution in [1.29, 1.82) is 0 Å². The highest BCUT2D eigenvalue weighted by Crippen LogP contribution is 2.33. The summed E-state index contributed by atoms with van der Waals surface area (Å²) in [6.07, 6.45) is 13.5. The van der Waals surface area contributed by atoms with Gasteiger partial charge in [0.25, 0.3) is 0 Å². The number of unbranched alkanes of at least 4 members (excludes halogenated alkanes) is 8. The first-order valence-corrected chi connectivity index (χ1v) is 14.6. The lowest BCUT2D eigenvalue weighted by Crippen LogP contribution is -2.34. The van der Waals surface area contributed by atoms with Crippen LogP contribution in [-0.4, -0.2) is 11.6 Å². The van der Waals surface area contributed by atoms with Crippen molar-refractivity contribution in [2.45, 2.75) is 103 Å². The summed E-state index contributed by atoms with van der Waals surface area (Å²) in [7, 11) is 0. The Labute approximate surface area is 229 Å². The smallest absolute Gasteiger partial charge is 0.348 e. The average Bonchev–Trinajstić information content (AvgIpc) is 2.94. The van der Waals surface area contributed by atoms with Crippen molar-refractivity contribution < 1.29 is 13.9 Å². The Hall–Kier alpha value is -2.94. The number of esters is 1. The van der Waals surface area contributed by atoms with Gasteiger partial charge in [0.1, 0.15) is 5.75 Å². The van der Waals surface area contributed by atoms with Gasteiger partial charge < -0.3 is 4.74 Å². The van der Waals surface area contributed by atoms with E-state index in [1.807, 2.05) is 25.1 Å². The summed E-state index contributed by atoms with van der Waals surface area (Å²) < 4.78 is 20.0. The first kappa shape index (κ1) is 29.6. The number of benzene rings is 3. The summed E-state index contributed by atoms with van der Waals surface area (Å²) in [5, 5.41) is 0. The van der Waals surface area contributed by atoms with Crippen molar-refractivity contribution >= 4 is 5.97 Å². The summed E-state index contributed by atoms with van der Waals surface area (Å²) in [5.74, 6) is -0.465. The predicted molar refractivity (Wildman–Crippen MR) is 158 cm³/mol. The van der Waals surface area contributed by atoms with E-state index in [0.29, 0.717) is 12.2 Å². The van der Waals surface area contributed by atoms with Crippen LogP contribution in [0.3, 0.4) is 0 Å². The van der Waals surface area contributed by atoms with Crippen LogP contribution in [0.25, 0.3) is 22.3 Å². The van der Waals surface area contributed by atoms with Crippen molar-refractivity contribution in [3.8, 4) is 28.0 Å². The Balaban J connectivity index is 1.59. The summed E-state index contributed by atoms with van der Waals surface area (Å²) in [4.78, 5) is 12.3. The largest absolute Gasteiger partial charge is 0.424 e. The number of hydrogen-bond acceptors (Lipinski definition) is 2. The topological polar surface area (TPSA) is 26.3 Å². The number of hydrogen-bond donors (Lipinski definition) is 0. The Morgan fingerprint density at radius 1 is 0.684 bits per heavy atom. The lowest BCUT2D eigenvalue weighted by molar-refractivity contribution is -0.147. The molecule has 0 saturated heterocycles.